The molecule has 0 saturated heterocycles. The summed E-state index contributed by atoms with van der Waals surface area (Å²) < 4.78 is 20.2. The lowest BCUT2D eigenvalue weighted by molar-refractivity contribution is -0.123. The van der Waals surface area contributed by atoms with Gasteiger partial charge >= 0.3 is 0 Å². The Hall–Kier alpha value is -2.44. The number of hydrogen-bond acceptors (Lipinski definition) is 4. The number of amides is 1. The highest BCUT2D eigenvalue weighted by Crippen LogP contribution is 2.14. The van der Waals surface area contributed by atoms with Gasteiger partial charge in [-0.2, -0.15) is 0 Å². The summed E-state index contributed by atoms with van der Waals surface area (Å²) >= 11 is 0. The number of aryl methyl sites for hydroxylation is 1. The lowest BCUT2D eigenvalue weighted by atomic mass is 10.3. The first-order valence-electron chi connectivity index (χ1n) is 6.78. The summed E-state index contributed by atoms with van der Waals surface area (Å²) in [6.45, 7) is 1.05. The van der Waals surface area contributed by atoms with Crippen molar-refractivity contribution in [2.45, 2.75) is 25.9 Å². The van der Waals surface area contributed by atoms with E-state index in [9.17, 15) is 9.18 Å². The monoisotopic (exact) mass is 290 g/mol. The molecule has 1 aromatic heterocycles. The fourth-order valence-corrected chi connectivity index (χ4v) is 2.28. The fourth-order valence-electron chi connectivity index (χ4n) is 2.28. The molecule has 0 spiro atoms. The molecule has 0 radical (unpaired) electrons. The predicted octanol–water partition coefficient (Wildman–Crippen LogP) is 1.06. The van der Waals surface area contributed by atoms with Crippen LogP contribution in [0.5, 0.6) is 5.75 Å². The second-order valence-corrected chi connectivity index (χ2v) is 4.81. The highest BCUT2D eigenvalue weighted by atomic mass is 19.1. The van der Waals surface area contributed by atoms with E-state index in [1.54, 1.807) is 6.07 Å². The number of benzene rings is 1. The molecule has 1 amide bonds. The Morgan fingerprint density at radius 1 is 1.43 bits per heavy atom. The predicted molar refractivity (Wildman–Crippen MR) is 72.1 cm³/mol. The van der Waals surface area contributed by atoms with Gasteiger partial charge in [-0.1, -0.05) is 6.07 Å². The molecule has 1 aliphatic heterocycles. The second-order valence-electron chi connectivity index (χ2n) is 4.81. The van der Waals surface area contributed by atoms with Gasteiger partial charge < -0.3 is 14.6 Å². The van der Waals surface area contributed by atoms with Gasteiger partial charge in [0.1, 0.15) is 17.4 Å². The van der Waals surface area contributed by atoms with E-state index in [0.29, 0.717) is 12.3 Å². The minimum Gasteiger partial charge on any atom is -0.484 e. The van der Waals surface area contributed by atoms with Crippen molar-refractivity contribution < 1.29 is 13.9 Å². The number of nitrogens with one attached hydrogen (secondary N) is 1. The van der Waals surface area contributed by atoms with Gasteiger partial charge in [0.15, 0.2) is 12.4 Å². The van der Waals surface area contributed by atoms with Crippen LogP contribution in [0.15, 0.2) is 24.3 Å². The minimum atomic E-state index is -0.396. The Kier molecular flexibility index (Phi) is 3.81. The third-order valence-electron chi connectivity index (χ3n) is 3.30. The SMILES string of the molecule is O=C(COc1cccc(F)c1)NCc1nnc2n1CCC2. The third-order valence-corrected chi connectivity index (χ3v) is 3.30. The number of halogens is 1. The molecule has 0 unspecified atom stereocenters. The summed E-state index contributed by atoms with van der Waals surface area (Å²) in [6.07, 6.45) is 2.00. The minimum absolute atomic E-state index is 0.162. The van der Waals surface area contributed by atoms with Crippen molar-refractivity contribution in [3.8, 4) is 5.75 Å². The standard InChI is InChI=1S/C14H15FN4O2/c15-10-3-1-4-11(7-10)21-9-14(20)16-8-13-18-17-12-5-2-6-19(12)13/h1,3-4,7H,2,5-6,8-9H2,(H,16,20). The molecular weight excluding hydrogens is 275 g/mol. The topological polar surface area (TPSA) is 69.0 Å². The first kappa shape index (κ1) is 13.5. The van der Waals surface area contributed by atoms with Gasteiger partial charge in [-0.3, -0.25) is 4.79 Å². The number of carbonyl (C=O) groups excluding carboxylic acids is 1. The van der Waals surface area contributed by atoms with Crippen LogP contribution in [0.3, 0.4) is 0 Å². The van der Waals surface area contributed by atoms with Gasteiger partial charge in [0.05, 0.1) is 6.54 Å². The summed E-state index contributed by atoms with van der Waals surface area (Å²) in [4.78, 5) is 11.7. The number of fused-ring (bicyclic) bond motifs is 1. The van der Waals surface area contributed by atoms with Crippen LogP contribution < -0.4 is 10.1 Å². The summed E-state index contributed by atoms with van der Waals surface area (Å²) in [5.74, 6) is 1.37. The zero-order valence-electron chi connectivity index (χ0n) is 11.4. The molecular formula is C14H15FN4O2. The summed E-state index contributed by atoms with van der Waals surface area (Å²) in [5, 5.41) is 10.8. The van der Waals surface area contributed by atoms with Crippen LogP contribution in [0.1, 0.15) is 18.1 Å². The zero-order chi connectivity index (χ0) is 14.7. The lowest BCUT2D eigenvalue weighted by Gasteiger charge is -2.07. The Balaban J connectivity index is 1.48. The average molecular weight is 290 g/mol. The van der Waals surface area contributed by atoms with Crippen LogP contribution in [0.4, 0.5) is 4.39 Å². The molecule has 0 bridgehead atoms. The number of rotatable bonds is 5. The summed E-state index contributed by atoms with van der Waals surface area (Å²) in [6, 6.07) is 5.68. The molecule has 1 aromatic carbocycles. The van der Waals surface area contributed by atoms with Crippen molar-refractivity contribution in [2.75, 3.05) is 6.61 Å². The molecule has 110 valence electrons. The van der Waals surface area contributed by atoms with Gasteiger partial charge in [-0.15, -0.1) is 10.2 Å². The van der Waals surface area contributed by atoms with Crippen LogP contribution in [0, 0.1) is 5.82 Å². The molecule has 2 heterocycles. The smallest absolute Gasteiger partial charge is 0.258 e. The molecule has 0 saturated carbocycles. The van der Waals surface area contributed by atoms with Crippen LogP contribution in [0.25, 0.3) is 0 Å². The quantitative estimate of drug-likeness (QED) is 0.894. The Morgan fingerprint density at radius 3 is 3.19 bits per heavy atom. The van der Waals surface area contributed by atoms with Gasteiger partial charge in [0.2, 0.25) is 0 Å². The van der Waals surface area contributed by atoms with Gasteiger partial charge in [-0.05, 0) is 18.6 Å². The number of hydrogen-bond donors (Lipinski definition) is 1. The average Bonchev–Trinajstić information content (AvgIpc) is 3.06. The van der Waals surface area contributed by atoms with E-state index in [2.05, 4.69) is 15.5 Å². The molecule has 0 fully saturated rings. The normalized spacial score (nSPS) is 13.0. The van der Waals surface area contributed by atoms with Crippen molar-refractivity contribution in [1.29, 1.82) is 0 Å². The van der Waals surface area contributed by atoms with Crippen molar-refractivity contribution in [3.63, 3.8) is 0 Å². The first-order valence-corrected chi connectivity index (χ1v) is 6.78. The molecule has 3 rings (SSSR count). The maximum Gasteiger partial charge on any atom is 0.258 e. The van der Waals surface area contributed by atoms with E-state index in [1.807, 2.05) is 4.57 Å². The van der Waals surface area contributed by atoms with Crippen molar-refractivity contribution >= 4 is 5.91 Å². The van der Waals surface area contributed by atoms with Gasteiger partial charge in [0.25, 0.3) is 5.91 Å². The van der Waals surface area contributed by atoms with E-state index in [1.165, 1.54) is 18.2 Å². The van der Waals surface area contributed by atoms with E-state index < -0.39 is 5.82 Å². The highest BCUT2D eigenvalue weighted by molar-refractivity contribution is 5.77. The molecule has 21 heavy (non-hydrogen) atoms. The second kappa shape index (κ2) is 5.90. The summed E-state index contributed by atoms with van der Waals surface area (Å²) in [7, 11) is 0. The largest absolute Gasteiger partial charge is 0.484 e. The van der Waals surface area contributed by atoms with Crippen LogP contribution in [-0.2, 0) is 24.3 Å². The number of aromatic nitrogens is 3. The van der Waals surface area contributed by atoms with Crippen LogP contribution >= 0.6 is 0 Å². The molecule has 0 atom stereocenters. The maximum absolute atomic E-state index is 13.0. The van der Waals surface area contributed by atoms with Gasteiger partial charge in [0, 0.05) is 19.0 Å². The van der Waals surface area contributed by atoms with E-state index >= 15 is 0 Å². The fraction of sp³-hybridized carbons (Fsp3) is 0.357. The van der Waals surface area contributed by atoms with Crippen LogP contribution in [-0.4, -0.2) is 27.3 Å². The summed E-state index contributed by atoms with van der Waals surface area (Å²) in [5.41, 5.74) is 0. The Bertz CT molecular complexity index is 656. The maximum atomic E-state index is 13.0. The zero-order valence-corrected chi connectivity index (χ0v) is 11.4. The highest BCUT2D eigenvalue weighted by Gasteiger charge is 2.17. The van der Waals surface area contributed by atoms with E-state index in [4.69, 9.17) is 4.74 Å². The number of carbonyl (C=O) groups is 1. The molecule has 2 aromatic rings. The van der Waals surface area contributed by atoms with E-state index in [-0.39, 0.29) is 12.5 Å². The van der Waals surface area contributed by atoms with Crippen molar-refractivity contribution in [2.24, 2.45) is 0 Å². The van der Waals surface area contributed by atoms with E-state index in [0.717, 1.165) is 31.0 Å². The molecule has 1 N–H and O–H groups in total. The molecule has 6 nitrogen and oxygen atoms in total. The third kappa shape index (κ3) is 3.18. The molecule has 0 aliphatic carbocycles. The molecule has 7 heteroatoms. The lowest BCUT2D eigenvalue weighted by Crippen LogP contribution is -2.29. The molecule has 1 aliphatic rings. The van der Waals surface area contributed by atoms with Gasteiger partial charge in [-0.25, -0.2) is 4.39 Å². The van der Waals surface area contributed by atoms with Crippen LogP contribution in [0.2, 0.25) is 0 Å². The number of nitrogens with zero attached hydrogens (tertiary/aromatic N) is 3. The first-order chi connectivity index (χ1) is 10.2. The Morgan fingerprint density at radius 2 is 2.33 bits per heavy atom. The van der Waals surface area contributed by atoms with Crippen molar-refractivity contribution in [3.05, 3.63) is 41.7 Å². The Labute approximate surface area is 120 Å². The van der Waals surface area contributed by atoms with Crippen molar-refractivity contribution in [1.82, 2.24) is 20.1 Å². The number of ether oxygens (including phenoxy) is 1.